The van der Waals surface area contributed by atoms with E-state index in [1.807, 2.05) is 6.07 Å². The molecule has 0 spiro atoms. The summed E-state index contributed by atoms with van der Waals surface area (Å²) in [6.07, 6.45) is 1.56. The van der Waals surface area contributed by atoms with Crippen molar-refractivity contribution >= 4 is 10.8 Å². The van der Waals surface area contributed by atoms with Crippen LogP contribution in [0.3, 0.4) is 0 Å². The highest BCUT2D eigenvalue weighted by Gasteiger charge is 2.11. The molecule has 0 fully saturated rings. The summed E-state index contributed by atoms with van der Waals surface area (Å²) in [7, 11) is 2.09. The monoisotopic (exact) mass is 364 g/mol. The molecule has 0 bridgehead atoms. The van der Waals surface area contributed by atoms with Crippen LogP contribution in [0.25, 0.3) is 10.8 Å². The number of nitrogens with zero attached hydrogens (tertiary/aromatic N) is 1. The van der Waals surface area contributed by atoms with Crippen LogP contribution in [0, 0.1) is 5.82 Å². The number of aryl methyl sites for hydroxylation is 1. The molecule has 0 atom stereocenters. The predicted molar refractivity (Wildman–Crippen MR) is 113 cm³/mol. The molecule has 0 saturated carbocycles. The fourth-order valence-corrected chi connectivity index (χ4v) is 3.62. The summed E-state index contributed by atoms with van der Waals surface area (Å²) in [5, 5.41) is 5.85. The van der Waals surface area contributed by atoms with Gasteiger partial charge < -0.3 is 10.2 Å². The van der Waals surface area contributed by atoms with E-state index < -0.39 is 0 Å². The van der Waals surface area contributed by atoms with Crippen molar-refractivity contribution in [1.29, 1.82) is 0 Å². The van der Waals surface area contributed by atoms with Crippen LogP contribution >= 0.6 is 0 Å². The molecule has 0 amide bonds. The number of nitrogens with one attached hydrogen (secondary N) is 1. The standard InChI is InChI=1S/C24H29FN2/c1-3-26-16-17-27(2)18-21-11-7-13-24(25)23(21)15-14-20-10-6-9-19-8-4-5-12-22(19)20/h4-13,26H,3,14-18H2,1-2H3. The number of hydrogen-bond acceptors (Lipinski definition) is 2. The molecule has 0 aliphatic rings. The number of rotatable bonds is 9. The lowest BCUT2D eigenvalue weighted by molar-refractivity contribution is 0.324. The molecule has 3 aromatic rings. The minimum atomic E-state index is -0.0900. The lowest BCUT2D eigenvalue weighted by Gasteiger charge is -2.19. The van der Waals surface area contributed by atoms with Gasteiger partial charge in [0.1, 0.15) is 5.82 Å². The molecular formula is C24H29FN2. The number of benzene rings is 3. The lowest BCUT2D eigenvalue weighted by Crippen LogP contribution is -2.29. The number of halogens is 1. The van der Waals surface area contributed by atoms with E-state index in [1.165, 1.54) is 16.3 Å². The largest absolute Gasteiger partial charge is 0.316 e. The van der Waals surface area contributed by atoms with E-state index in [0.717, 1.165) is 50.1 Å². The van der Waals surface area contributed by atoms with Gasteiger partial charge in [0.25, 0.3) is 0 Å². The first-order valence-electron chi connectivity index (χ1n) is 9.81. The molecule has 1 N–H and O–H groups in total. The van der Waals surface area contributed by atoms with Crippen molar-refractivity contribution in [2.45, 2.75) is 26.3 Å². The first-order valence-corrected chi connectivity index (χ1v) is 9.81. The van der Waals surface area contributed by atoms with Crippen molar-refractivity contribution in [3.63, 3.8) is 0 Å². The van der Waals surface area contributed by atoms with Crippen LogP contribution in [-0.4, -0.2) is 31.6 Å². The summed E-state index contributed by atoms with van der Waals surface area (Å²) in [5.74, 6) is -0.0900. The molecule has 3 aromatic carbocycles. The fraction of sp³-hybridized carbons (Fsp3) is 0.333. The Bertz CT molecular complexity index is 870. The van der Waals surface area contributed by atoms with E-state index in [4.69, 9.17) is 0 Å². The van der Waals surface area contributed by atoms with E-state index >= 15 is 0 Å². The third-order valence-electron chi connectivity index (χ3n) is 5.10. The first-order chi connectivity index (χ1) is 13.2. The van der Waals surface area contributed by atoms with Gasteiger partial charge in [-0.2, -0.15) is 0 Å². The van der Waals surface area contributed by atoms with Crippen molar-refractivity contribution < 1.29 is 4.39 Å². The van der Waals surface area contributed by atoms with Gasteiger partial charge in [-0.1, -0.05) is 61.5 Å². The Labute approximate surface area is 162 Å². The highest BCUT2D eigenvalue weighted by molar-refractivity contribution is 5.85. The van der Waals surface area contributed by atoms with Crippen LogP contribution in [0.15, 0.2) is 60.7 Å². The zero-order valence-corrected chi connectivity index (χ0v) is 16.3. The van der Waals surface area contributed by atoms with Gasteiger partial charge in [0.2, 0.25) is 0 Å². The van der Waals surface area contributed by atoms with Gasteiger partial charge in [0.15, 0.2) is 0 Å². The Balaban J connectivity index is 1.74. The van der Waals surface area contributed by atoms with Gasteiger partial charge in [0.05, 0.1) is 0 Å². The van der Waals surface area contributed by atoms with Gasteiger partial charge in [-0.3, -0.25) is 0 Å². The molecule has 0 aliphatic carbocycles. The molecule has 0 saturated heterocycles. The van der Waals surface area contributed by atoms with Crippen LogP contribution in [0.4, 0.5) is 4.39 Å². The third-order valence-corrected chi connectivity index (χ3v) is 5.10. The maximum atomic E-state index is 14.6. The van der Waals surface area contributed by atoms with Gasteiger partial charge in [-0.15, -0.1) is 0 Å². The smallest absolute Gasteiger partial charge is 0.126 e. The molecule has 0 aliphatic heterocycles. The van der Waals surface area contributed by atoms with Gasteiger partial charge in [-0.05, 0) is 60.0 Å². The average molecular weight is 365 g/mol. The predicted octanol–water partition coefficient (Wildman–Crippen LogP) is 4.81. The maximum Gasteiger partial charge on any atom is 0.126 e. The van der Waals surface area contributed by atoms with Crippen LogP contribution in [0.1, 0.15) is 23.6 Å². The van der Waals surface area contributed by atoms with Gasteiger partial charge in [-0.25, -0.2) is 4.39 Å². The zero-order valence-electron chi connectivity index (χ0n) is 16.3. The highest BCUT2D eigenvalue weighted by Crippen LogP contribution is 2.22. The van der Waals surface area contributed by atoms with E-state index in [0.29, 0.717) is 0 Å². The SMILES string of the molecule is CCNCCN(C)Cc1cccc(F)c1CCc1cccc2ccccc12. The zero-order chi connectivity index (χ0) is 19.1. The van der Waals surface area contributed by atoms with E-state index in [2.05, 4.69) is 72.7 Å². The first kappa shape index (κ1) is 19.5. The lowest BCUT2D eigenvalue weighted by atomic mass is 9.96. The summed E-state index contributed by atoms with van der Waals surface area (Å²) in [5.41, 5.74) is 3.22. The van der Waals surface area contributed by atoms with Crippen molar-refractivity contribution in [3.05, 3.63) is 83.2 Å². The Morgan fingerprint density at radius 3 is 2.48 bits per heavy atom. The third kappa shape index (κ3) is 5.15. The van der Waals surface area contributed by atoms with E-state index in [9.17, 15) is 4.39 Å². The second-order valence-corrected chi connectivity index (χ2v) is 7.11. The molecule has 3 heteroatoms. The molecule has 0 radical (unpaired) electrons. The normalized spacial score (nSPS) is 11.4. The number of hydrogen-bond donors (Lipinski definition) is 1. The molecular weight excluding hydrogens is 335 g/mol. The van der Waals surface area contributed by atoms with Gasteiger partial charge in [0, 0.05) is 19.6 Å². The van der Waals surface area contributed by atoms with E-state index in [1.54, 1.807) is 6.07 Å². The van der Waals surface area contributed by atoms with Crippen molar-refractivity contribution in [2.24, 2.45) is 0 Å². The summed E-state index contributed by atoms with van der Waals surface area (Å²) < 4.78 is 14.6. The van der Waals surface area contributed by atoms with Crippen molar-refractivity contribution in [3.8, 4) is 0 Å². The quantitative estimate of drug-likeness (QED) is 0.548. The van der Waals surface area contributed by atoms with Crippen LogP contribution in [0.5, 0.6) is 0 Å². The molecule has 142 valence electrons. The average Bonchev–Trinajstić information content (AvgIpc) is 2.68. The number of likely N-dealkylation sites (N-methyl/N-ethyl adjacent to an activating group) is 2. The molecule has 0 heterocycles. The minimum absolute atomic E-state index is 0.0900. The summed E-state index contributed by atoms with van der Waals surface area (Å²) >= 11 is 0. The second kappa shape index (κ2) is 9.63. The van der Waals surface area contributed by atoms with Gasteiger partial charge >= 0.3 is 0 Å². The Hall–Kier alpha value is -2.23. The molecule has 0 unspecified atom stereocenters. The summed E-state index contributed by atoms with van der Waals surface area (Å²) in [4.78, 5) is 2.25. The van der Waals surface area contributed by atoms with Crippen LogP contribution < -0.4 is 5.32 Å². The summed E-state index contributed by atoms with van der Waals surface area (Å²) in [6, 6.07) is 20.3. The Morgan fingerprint density at radius 1 is 0.889 bits per heavy atom. The fourth-order valence-electron chi connectivity index (χ4n) is 3.62. The molecule has 0 aromatic heterocycles. The van der Waals surface area contributed by atoms with Crippen molar-refractivity contribution in [1.82, 2.24) is 10.2 Å². The molecule has 27 heavy (non-hydrogen) atoms. The second-order valence-electron chi connectivity index (χ2n) is 7.11. The Morgan fingerprint density at radius 2 is 1.63 bits per heavy atom. The molecule has 3 rings (SSSR count). The summed E-state index contributed by atoms with van der Waals surface area (Å²) in [6.45, 7) is 5.76. The number of fused-ring (bicyclic) bond motifs is 1. The topological polar surface area (TPSA) is 15.3 Å². The Kier molecular flexibility index (Phi) is 6.97. The van der Waals surface area contributed by atoms with E-state index in [-0.39, 0.29) is 5.82 Å². The minimum Gasteiger partial charge on any atom is -0.316 e. The van der Waals surface area contributed by atoms with Crippen LogP contribution in [-0.2, 0) is 19.4 Å². The highest BCUT2D eigenvalue weighted by atomic mass is 19.1. The van der Waals surface area contributed by atoms with Crippen molar-refractivity contribution in [2.75, 3.05) is 26.7 Å². The maximum absolute atomic E-state index is 14.6. The van der Waals surface area contributed by atoms with Crippen LogP contribution in [0.2, 0.25) is 0 Å². The molecule has 2 nitrogen and oxygen atoms in total.